The summed E-state index contributed by atoms with van der Waals surface area (Å²) in [7, 11) is 1.68. The fourth-order valence-electron chi connectivity index (χ4n) is 4.59. The van der Waals surface area contributed by atoms with Crippen molar-refractivity contribution in [3.63, 3.8) is 0 Å². The van der Waals surface area contributed by atoms with E-state index < -0.39 is 0 Å². The Balaban J connectivity index is 1.34. The zero-order valence-electron chi connectivity index (χ0n) is 19.9. The van der Waals surface area contributed by atoms with E-state index in [1.807, 2.05) is 42.9 Å². The number of pyridine rings is 1. The van der Waals surface area contributed by atoms with Gasteiger partial charge in [0.2, 0.25) is 0 Å². The van der Waals surface area contributed by atoms with Gasteiger partial charge >= 0.3 is 0 Å². The highest BCUT2D eigenvalue weighted by molar-refractivity contribution is 5.92. The van der Waals surface area contributed by atoms with E-state index in [-0.39, 0.29) is 5.92 Å². The van der Waals surface area contributed by atoms with Crippen molar-refractivity contribution in [3.8, 4) is 22.6 Å². The van der Waals surface area contributed by atoms with Gasteiger partial charge in [0.1, 0.15) is 23.1 Å². The molecule has 6 rings (SSSR count). The topological polar surface area (TPSA) is 97.8 Å². The number of nitrogens with one attached hydrogen (secondary N) is 2. The molecule has 2 N–H and O–H groups in total. The number of nitrogens with zero attached hydrogens (tertiary/aromatic N) is 4. The van der Waals surface area contributed by atoms with E-state index in [1.165, 1.54) is 5.56 Å². The lowest BCUT2D eigenvalue weighted by atomic mass is 9.95. The summed E-state index contributed by atoms with van der Waals surface area (Å²) in [5.41, 5.74) is 5.26. The van der Waals surface area contributed by atoms with Gasteiger partial charge in [-0.1, -0.05) is 12.1 Å². The molecule has 0 fully saturated rings. The average Bonchev–Trinajstić information content (AvgIpc) is 3.48. The molecule has 0 spiro atoms. The van der Waals surface area contributed by atoms with Crippen molar-refractivity contribution < 1.29 is 9.47 Å². The summed E-state index contributed by atoms with van der Waals surface area (Å²) in [4.78, 5) is 14.2. The Kier molecular flexibility index (Phi) is 5.91. The van der Waals surface area contributed by atoms with Crippen molar-refractivity contribution in [2.75, 3.05) is 25.6 Å². The highest BCUT2D eigenvalue weighted by Gasteiger charge is 2.25. The number of aromatic amines is 1. The van der Waals surface area contributed by atoms with E-state index in [2.05, 4.69) is 44.8 Å². The summed E-state index contributed by atoms with van der Waals surface area (Å²) < 4.78 is 11.5. The highest BCUT2D eigenvalue weighted by Crippen LogP contribution is 2.35. The van der Waals surface area contributed by atoms with Crippen LogP contribution in [0.2, 0.25) is 0 Å². The number of hydrogen-bond donors (Lipinski definition) is 2. The first-order valence-corrected chi connectivity index (χ1v) is 12.0. The molecule has 8 nitrogen and oxygen atoms in total. The van der Waals surface area contributed by atoms with Gasteiger partial charge in [-0.3, -0.25) is 10.1 Å². The molecule has 2 aromatic carbocycles. The first kappa shape index (κ1) is 22.0. The molecule has 0 bridgehead atoms. The lowest BCUT2D eigenvalue weighted by molar-refractivity contribution is 0.257. The van der Waals surface area contributed by atoms with Gasteiger partial charge in [0, 0.05) is 36.1 Å². The molecule has 0 amide bonds. The zero-order chi connectivity index (χ0) is 24.3. The van der Waals surface area contributed by atoms with Crippen molar-refractivity contribution in [2.24, 2.45) is 0 Å². The lowest BCUT2D eigenvalue weighted by Crippen LogP contribution is -2.22. The quantitative estimate of drug-likeness (QED) is 0.347. The Bertz CT molecular complexity index is 1490. The van der Waals surface area contributed by atoms with Gasteiger partial charge in [0.25, 0.3) is 0 Å². The standard InChI is InChI=1S/C28H26N6O2/c1-35-23-5-7-26-20(12-23)11-21(17-36-26)27-33-25-6-4-19(22-15-31-32-16-22)13-24(25)28(34-27)30-10-8-18-3-2-9-29-14-18/h2-7,9,12-16,21H,8,10-11,17H2,1H3,(H,31,32)(H,30,33,34)/t21-/m1/s1. The number of benzene rings is 2. The molecule has 0 radical (unpaired) electrons. The maximum atomic E-state index is 6.08. The van der Waals surface area contributed by atoms with Gasteiger partial charge in [-0.2, -0.15) is 5.10 Å². The number of anilines is 1. The molecule has 0 saturated carbocycles. The molecule has 5 aromatic rings. The molecular weight excluding hydrogens is 452 g/mol. The summed E-state index contributed by atoms with van der Waals surface area (Å²) in [6.07, 6.45) is 9.02. The van der Waals surface area contributed by atoms with Crippen LogP contribution in [0, 0.1) is 0 Å². The summed E-state index contributed by atoms with van der Waals surface area (Å²) in [5.74, 6) is 3.35. The Morgan fingerprint density at radius 3 is 2.89 bits per heavy atom. The number of ether oxygens (including phenoxy) is 2. The van der Waals surface area contributed by atoms with Crippen LogP contribution in [-0.4, -0.2) is 45.4 Å². The van der Waals surface area contributed by atoms with E-state index in [9.17, 15) is 0 Å². The Morgan fingerprint density at radius 1 is 1.08 bits per heavy atom. The first-order valence-electron chi connectivity index (χ1n) is 12.0. The molecular formula is C28H26N6O2. The van der Waals surface area contributed by atoms with Crippen LogP contribution in [0.15, 0.2) is 73.3 Å². The van der Waals surface area contributed by atoms with Gasteiger partial charge in [0.15, 0.2) is 0 Å². The van der Waals surface area contributed by atoms with Crippen molar-refractivity contribution >= 4 is 16.7 Å². The largest absolute Gasteiger partial charge is 0.497 e. The lowest BCUT2D eigenvalue weighted by Gasteiger charge is -2.25. The zero-order valence-corrected chi connectivity index (χ0v) is 19.9. The smallest absolute Gasteiger partial charge is 0.138 e. The van der Waals surface area contributed by atoms with Crippen LogP contribution in [0.3, 0.4) is 0 Å². The van der Waals surface area contributed by atoms with Crippen molar-refractivity contribution in [3.05, 3.63) is 90.3 Å². The van der Waals surface area contributed by atoms with E-state index >= 15 is 0 Å². The molecule has 0 unspecified atom stereocenters. The highest BCUT2D eigenvalue weighted by atomic mass is 16.5. The molecule has 1 aliphatic heterocycles. The summed E-state index contributed by atoms with van der Waals surface area (Å²) in [6.45, 7) is 1.27. The molecule has 0 aliphatic carbocycles. The normalized spacial score (nSPS) is 14.8. The minimum absolute atomic E-state index is 0.0430. The molecule has 1 atom stereocenters. The summed E-state index contributed by atoms with van der Waals surface area (Å²) in [5, 5.41) is 11.5. The molecule has 3 aromatic heterocycles. The molecule has 8 heteroatoms. The number of methoxy groups -OCH3 is 1. The number of H-pyrrole nitrogens is 1. The fraction of sp³-hybridized carbons (Fsp3) is 0.214. The van der Waals surface area contributed by atoms with E-state index in [0.29, 0.717) is 6.61 Å². The van der Waals surface area contributed by atoms with Gasteiger partial charge in [-0.25, -0.2) is 9.97 Å². The van der Waals surface area contributed by atoms with Crippen LogP contribution in [0.5, 0.6) is 11.5 Å². The second kappa shape index (κ2) is 9.65. The predicted octanol–water partition coefficient (Wildman–Crippen LogP) is 4.80. The molecule has 1 aliphatic rings. The second-order valence-corrected chi connectivity index (χ2v) is 8.87. The number of hydrogen-bond acceptors (Lipinski definition) is 7. The molecule has 180 valence electrons. The third-order valence-corrected chi connectivity index (χ3v) is 6.51. The minimum Gasteiger partial charge on any atom is -0.497 e. The number of rotatable bonds is 7. The van der Waals surface area contributed by atoms with E-state index in [4.69, 9.17) is 19.4 Å². The van der Waals surface area contributed by atoms with E-state index in [1.54, 1.807) is 13.3 Å². The van der Waals surface area contributed by atoms with Gasteiger partial charge in [0.05, 0.1) is 31.3 Å². The van der Waals surface area contributed by atoms with Crippen molar-refractivity contribution in [1.29, 1.82) is 0 Å². The monoisotopic (exact) mass is 478 g/mol. The molecule has 36 heavy (non-hydrogen) atoms. The van der Waals surface area contributed by atoms with Crippen LogP contribution in [0.1, 0.15) is 22.9 Å². The SMILES string of the molecule is COc1ccc2c(c1)C[C@@H](c1nc(NCCc3cccnc3)c3cc(-c4cn[nH]c4)ccc3n1)CO2. The van der Waals surface area contributed by atoms with Crippen molar-refractivity contribution in [2.45, 2.75) is 18.8 Å². The van der Waals surface area contributed by atoms with Crippen LogP contribution in [0.4, 0.5) is 5.82 Å². The van der Waals surface area contributed by atoms with Gasteiger partial charge in [-0.05, 0) is 65.9 Å². The average molecular weight is 479 g/mol. The number of aromatic nitrogens is 5. The van der Waals surface area contributed by atoms with Crippen LogP contribution >= 0.6 is 0 Å². The van der Waals surface area contributed by atoms with Gasteiger partial charge < -0.3 is 14.8 Å². The first-order chi connectivity index (χ1) is 17.8. The molecule has 0 saturated heterocycles. The Hall–Kier alpha value is -4.46. The fourth-order valence-corrected chi connectivity index (χ4v) is 4.59. The Labute approximate surface area is 208 Å². The number of fused-ring (bicyclic) bond motifs is 2. The van der Waals surface area contributed by atoms with Crippen LogP contribution < -0.4 is 14.8 Å². The summed E-state index contributed by atoms with van der Waals surface area (Å²) >= 11 is 0. The van der Waals surface area contributed by atoms with Gasteiger partial charge in [-0.15, -0.1) is 0 Å². The predicted molar refractivity (Wildman–Crippen MR) is 138 cm³/mol. The second-order valence-electron chi connectivity index (χ2n) is 8.87. The van der Waals surface area contributed by atoms with E-state index in [0.717, 1.165) is 70.1 Å². The van der Waals surface area contributed by atoms with Crippen LogP contribution in [-0.2, 0) is 12.8 Å². The van der Waals surface area contributed by atoms with Crippen LogP contribution in [0.25, 0.3) is 22.0 Å². The third kappa shape index (κ3) is 4.45. The Morgan fingerprint density at radius 2 is 2.06 bits per heavy atom. The third-order valence-electron chi connectivity index (χ3n) is 6.51. The minimum atomic E-state index is 0.0430. The molecule has 4 heterocycles. The maximum absolute atomic E-state index is 6.08. The maximum Gasteiger partial charge on any atom is 0.138 e. The summed E-state index contributed by atoms with van der Waals surface area (Å²) in [6, 6.07) is 16.2. The van der Waals surface area contributed by atoms with Crippen molar-refractivity contribution in [1.82, 2.24) is 25.1 Å².